The first-order valence-corrected chi connectivity index (χ1v) is 7.11. The number of rotatable bonds is 4. The number of carbonyl (C=O) groups is 1. The Balaban J connectivity index is 1.97. The summed E-state index contributed by atoms with van der Waals surface area (Å²) in [5.74, 6) is 0.196. The van der Waals surface area contributed by atoms with Crippen LogP contribution in [0.5, 0.6) is 11.5 Å². The molecule has 0 amide bonds. The van der Waals surface area contributed by atoms with Gasteiger partial charge >= 0.3 is 5.97 Å². The van der Waals surface area contributed by atoms with E-state index in [4.69, 9.17) is 14.2 Å². The van der Waals surface area contributed by atoms with Gasteiger partial charge in [0.2, 0.25) is 5.90 Å². The summed E-state index contributed by atoms with van der Waals surface area (Å²) >= 11 is 0. The van der Waals surface area contributed by atoms with Crippen LogP contribution in [-0.2, 0) is 9.53 Å². The Kier molecular flexibility index (Phi) is 4.29. The predicted molar refractivity (Wildman–Crippen MR) is 86.6 cm³/mol. The molecule has 0 saturated carbocycles. The van der Waals surface area contributed by atoms with Gasteiger partial charge in [0.25, 0.3) is 0 Å². The summed E-state index contributed by atoms with van der Waals surface area (Å²) in [6.07, 6.45) is 1.55. The Morgan fingerprint density at radius 1 is 1.12 bits per heavy atom. The van der Waals surface area contributed by atoms with E-state index < -0.39 is 11.8 Å². The number of benzene rings is 2. The van der Waals surface area contributed by atoms with Crippen LogP contribution >= 0.6 is 0 Å². The van der Waals surface area contributed by atoms with Crippen molar-refractivity contribution >= 4 is 17.9 Å². The number of halogens is 1. The minimum atomic E-state index is -0.605. The molecule has 0 unspecified atom stereocenters. The van der Waals surface area contributed by atoms with Gasteiger partial charge in [-0.05, 0) is 36.4 Å². The Morgan fingerprint density at radius 2 is 1.96 bits per heavy atom. The second-order valence-corrected chi connectivity index (χ2v) is 4.95. The van der Waals surface area contributed by atoms with E-state index in [1.54, 1.807) is 37.5 Å². The number of hydrogen-bond donors (Lipinski definition) is 0. The molecule has 1 heterocycles. The van der Waals surface area contributed by atoms with Gasteiger partial charge in [-0.3, -0.25) is 0 Å². The normalized spacial score (nSPS) is 15.2. The van der Waals surface area contributed by atoms with E-state index >= 15 is 0 Å². The molecule has 122 valence electrons. The monoisotopic (exact) mass is 327 g/mol. The van der Waals surface area contributed by atoms with Crippen molar-refractivity contribution in [2.45, 2.75) is 0 Å². The zero-order valence-corrected chi connectivity index (χ0v) is 13.1. The van der Waals surface area contributed by atoms with Gasteiger partial charge in [0.05, 0.1) is 14.2 Å². The Hall–Kier alpha value is -3.15. The molecule has 3 rings (SSSR count). The maximum absolute atomic E-state index is 13.3. The molecule has 24 heavy (non-hydrogen) atoms. The lowest BCUT2D eigenvalue weighted by molar-refractivity contribution is -0.129. The van der Waals surface area contributed by atoms with Crippen molar-refractivity contribution in [1.82, 2.24) is 0 Å². The van der Waals surface area contributed by atoms with Gasteiger partial charge in [0, 0.05) is 17.2 Å². The maximum atomic E-state index is 13.3. The molecule has 0 aromatic heterocycles. The van der Waals surface area contributed by atoms with Gasteiger partial charge in [0.1, 0.15) is 17.3 Å². The van der Waals surface area contributed by atoms with E-state index in [0.29, 0.717) is 22.6 Å². The van der Waals surface area contributed by atoms with Crippen LogP contribution in [0.15, 0.2) is 53.2 Å². The highest BCUT2D eigenvalue weighted by molar-refractivity contribution is 6.12. The second-order valence-electron chi connectivity index (χ2n) is 4.95. The molecule has 0 fully saturated rings. The van der Waals surface area contributed by atoms with Crippen LogP contribution < -0.4 is 9.47 Å². The molecule has 0 spiro atoms. The number of methoxy groups -OCH3 is 2. The zero-order chi connectivity index (χ0) is 17.1. The lowest BCUT2D eigenvalue weighted by Gasteiger charge is -2.07. The molecule has 0 atom stereocenters. The summed E-state index contributed by atoms with van der Waals surface area (Å²) in [6, 6.07) is 10.9. The smallest absolute Gasteiger partial charge is 0.363 e. The van der Waals surface area contributed by atoms with Crippen LogP contribution in [0.1, 0.15) is 11.1 Å². The second kappa shape index (κ2) is 6.54. The summed E-state index contributed by atoms with van der Waals surface area (Å²) in [5.41, 5.74) is 1.15. The molecule has 6 heteroatoms. The fraction of sp³-hybridized carbons (Fsp3) is 0.111. The van der Waals surface area contributed by atoms with Crippen molar-refractivity contribution in [2.24, 2.45) is 4.99 Å². The van der Waals surface area contributed by atoms with Crippen molar-refractivity contribution in [2.75, 3.05) is 14.2 Å². The summed E-state index contributed by atoms with van der Waals surface area (Å²) in [5, 5.41) is 0. The fourth-order valence-corrected chi connectivity index (χ4v) is 2.24. The first kappa shape index (κ1) is 15.7. The highest BCUT2D eigenvalue weighted by Gasteiger charge is 2.24. The van der Waals surface area contributed by atoms with Crippen LogP contribution in [0.2, 0.25) is 0 Å². The Labute approximate surface area is 138 Å². The topological polar surface area (TPSA) is 57.1 Å². The van der Waals surface area contributed by atoms with Crippen molar-refractivity contribution in [3.05, 3.63) is 65.1 Å². The minimum Gasteiger partial charge on any atom is -0.497 e. The average molecular weight is 327 g/mol. The summed E-state index contributed by atoms with van der Waals surface area (Å²) in [6.45, 7) is 0. The number of carbonyl (C=O) groups excluding carboxylic acids is 1. The average Bonchev–Trinajstić information content (AvgIpc) is 2.96. The molecule has 2 aromatic rings. The SMILES string of the molecule is COc1ccc(/C=C2\N=C(c3cccc(F)c3)OC2=O)c(OC)c1. The largest absolute Gasteiger partial charge is 0.497 e. The van der Waals surface area contributed by atoms with Gasteiger partial charge < -0.3 is 14.2 Å². The van der Waals surface area contributed by atoms with Crippen LogP contribution in [0.3, 0.4) is 0 Å². The molecule has 0 saturated heterocycles. The highest BCUT2D eigenvalue weighted by atomic mass is 19.1. The van der Waals surface area contributed by atoms with Gasteiger partial charge in [0.15, 0.2) is 5.70 Å². The summed E-state index contributed by atoms with van der Waals surface area (Å²) < 4.78 is 28.8. The zero-order valence-electron chi connectivity index (χ0n) is 13.1. The van der Waals surface area contributed by atoms with E-state index in [-0.39, 0.29) is 11.6 Å². The lowest BCUT2D eigenvalue weighted by atomic mass is 10.1. The fourth-order valence-electron chi connectivity index (χ4n) is 2.24. The molecule has 1 aliphatic heterocycles. The van der Waals surface area contributed by atoms with Gasteiger partial charge in [-0.15, -0.1) is 0 Å². The van der Waals surface area contributed by atoms with E-state index in [0.717, 1.165) is 0 Å². The summed E-state index contributed by atoms with van der Waals surface area (Å²) in [7, 11) is 3.07. The van der Waals surface area contributed by atoms with Crippen molar-refractivity contribution < 1.29 is 23.4 Å². The molecule has 2 aromatic carbocycles. The number of hydrogen-bond acceptors (Lipinski definition) is 5. The van der Waals surface area contributed by atoms with Gasteiger partial charge in [-0.1, -0.05) is 6.07 Å². The Morgan fingerprint density at radius 3 is 2.67 bits per heavy atom. The number of aliphatic imine (C=N–C) groups is 1. The number of ether oxygens (including phenoxy) is 3. The third-order valence-corrected chi connectivity index (χ3v) is 3.42. The first-order chi connectivity index (χ1) is 11.6. The van der Waals surface area contributed by atoms with E-state index in [1.807, 2.05) is 0 Å². The Bertz CT molecular complexity index is 858. The third-order valence-electron chi connectivity index (χ3n) is 3.42. The highest BCUT2D eigenvalue weighted by Crippen LogP contribution is 2.28. The molecule has 0 N–H and O–H groups in total. The molecule has 0 radical (unpaired) electrons. The van der Waals surface area contributed by atoms with E-state index in [9.17, 15) is 9.18 Å². The molecular weight excluding hydrogens is 313 g/mol. The van der Waals surface area contributed by atoms with Crippen molar-refractivity contribution in [1.29, 1.82) is 0 Å². The van der Waals surface area contributed by atoms with Crippen molar-refractivity contribution in [3.8, 4) is 11.5 Å². The molecular formula is C18H14FNO4. The van der Waals surface area contributed by atoms with Crippen LogP contribution in [0, 0.1) is 5.82 Å². The molecule has 5 nitrogen and oxygen atoms in total. The lowest BCUT2D eigenvalue weighted by Crippen LogP contribution is -2.05. The van der Waals surface area contributed by atoms with E-state index in [1.165, 1.54) is 25.3 Å². The standard InChI is InChI=1S/C18H14FNO4/c1-22-14-7-6-11(16(10-14)23-2)9-15-18(21)24-17(20-15)12-4-3-5-13(19)8-12/h3-10H,1-2H3/b15-9-. The summed E-state index contributed by atoms with van der Waals surface area (Å²) in [4.78, 5) is 16.2. The number of cyclic esters (lactones) is 1. The van der Waals surface area contributed by atoms with Gasteiger partial charge in [-0.25, -0.2) is 14.2 Å². The number of nitrogens with zero attached hydrogens (tertiary/aromatic N) is 1. The quantitative estimate of drug-likeness (QED) is 0.639. The van der Waals surface area contributed by atoms with Crippen LogP contribution in [-0.4, -0.2) is 26.1 Å². The minimum absolute atomic E-state index is 0.0678. The maximum Gasteiger partial charge on any atom is 0.363 e. The molecule has 1 aliphatic rings. The number of esters is 1. The van der Waals surface area contributed by atoms with Crippen LogP contribution in [0.25, 0.3) is 6.08 Å². The first-order valence-electron chi connectivity index (χ1n) is 7.11. The van der Waals surface area contributed by atoms with Crippen molar-refractivity contribution in [3.63, 3.8) is 0 Å². The third kappa shape index (κ3) is 3.12. The molecule has 0 bridgehead atoms. The van der Waals surface area contributed by atoms with E-state index in [2.05, 4.69) is 4.99 Å². The molecule has 0 aliphatic carbocycles. The predicted octanol–water partition coefficient (Wildman–Crippen LogP) is 3.19. The van der Waals surface area contributed by atoms with Gasteiger partial charge in [-0.2, -0.15) is 0 Å². The van der Waals surface area contributed by atoms with Crippen LogP contribution in [0.4, 0.5) is 4.39 Å².